The molecule has 1 N–H and O–H groups in total. The quantitative estimate of drug-likeness (QED) is 0.794. The lowest BCUT2D eigenvalue weighted by Gasteiger charge is -2.31. The largest absolute Gasteiger partial charge is 0.329 e. The molecule has 0 spiro atoms. The highest BCUT2D eigenvalue weighted by Gasteiger charge is 2.23. The summed E-state index contributed by atoms with van der Waals surface area (Å²) >= 11 is 0. The van der Waals surface area contributed by atoms with Crippen molar-refractivity contribution in [1.29, 1.82) is 0 Å². The number of nitrogens with one attached hydrogen (secondary N) is 1. The molecule has 2 rings (SSSR count). The number of piperazine rings is 1. The molecule has 0 bridgehead atoms. The van der Waals surface area contributed by atoms with Crippen LogP contribution in [0.5, 0.6) is 0 Å². The minimum absolute atomic E-state index is 0.167. The molecule has 1 aromatic rings. The van der Waals surface area contributed by atoms with Crippen molar-refractivity contribution in [3.8, 4) is 0 Å². The van der Waals surface area contributed by atoms with Crippen LogP contribution in [0.3, 0.4) is 0 Å². The fourth-order valence-corrected chi connectivity index (χ4v) is 2.50. The summed E-state index contributed by atoms with van der Waals surface area (Å²) < 4.78 is 0. The second kappa shape index (κ2) is 6.53. The van der Waals surface area contributed by atoms with Crippen LogP contribution in [-0.2, 0) is 6.42 Å². The highest BCUT2D eigenvalue weighted by molar-refractivity contribution is 5.94. The third-order valence-corrected chi connectivity index (χ3v) is 3.80. The van der Waals surface area contributed by atoms with Gasteiger partial charge in [0, 0.05) is 5.56 Å². The number of nitrogens with zero attached hydrogens (tertiary/aromatic N) is 1. The summed E-state index contributed by atoms with van der Waals surface area (Å²) in [5.74, 6) is 0.167. The van der Waals surface area contributed by atoms with Gasteiger partial charge in [-0.25, -0.2) is 0 Å². The molecule has 102 valence electrons. The Bertz CT molecular complexity index is 431. The lowest BCUT2D eigenvalue weighted by Crippen LogP contribution is -3.14. The molecule has 1 amide bonds. The Morgan fingerprint density at radius 3 is 2.47 bits per heavy atom. The van der Waals surface area contributed by atoms with Crippen molar-refractivity contribution in [2.45, 2.75) is 13.3 Å². The van der Waals surface area contributed by atoms with Gasteiger partial charge < -0.3 is 9.80 Å². The Kier molecular flexibility index (Phi) is 4.74. The molecule has 0 saturated carbocycles. The monoisotopic (exact) mass is 259 g/mol. The van der Waals surface area contributed by atoms with E-state index in [1.54, 1.807) is 0 Å². The molecular formula is C16H23N2O+. The van der Waals surface area contributed by atoms with E-state index in [1.807, 2.05) is 35.2 Å². The maximum Gasteiger partial charge on any atom is 0.254 e. The van der Waals surface area contributed by atoms with E-state index in [2.05, 4.69) is 13.5 Å². The molecule has 1 heterocycles. The zero-order valence-corrected chi connectivity index (χ0v) is 11.7. The minimum Gasteiger partial charge on any atom is -0.329 e. The SMILES string of the molecule is C=CC[NH+]1CCN(C(=O)c2ccc(CC)cc2)CC1. The molecule has 1 fully saturated rings. The molecule has 1 aliphatic heterocycles. The molecule has 0 aliphatic carbocycles. The Morgan fingerprint density at radius 1 is 1.32 bits per heavy atom. The number of hydrogen-bond donors (Lipinski definition) is 1. The van der Waals surface area contributed by atoms with E-state index in [0.29, 0.717) is 0 Å². The van der Waals surface area contributed by atoms with Gasteiger partial charge in [-0.1, -0.05) is 25.6 Å². The Morgan fingerprint density at radius 2 is 1.95 bits per heavy atom. The Labute approximate surface area is 115 Å². The number of rotatable bonds is 4. The van der Waals surface area contributed by atoms with Crippen molar-refractivity contribution in [2.75, 3.05) is 32.7 Å². The summed E-state index contributed by atoms with van der Waals surface area (Å²) in [6.07, 6.45) is 2.97. The van der Waals surface area contributed by atoms with Gasteiger partial charge in [-0.2, -0.15) is 0 Å². The van der Waals surface area contributed by atoms with E-state index >= 15 is 0 Å². The summed E-state index contributed by atoms with van der Waals surface area (Å²) in [7, 11) is 0. The van der Waals surface area contributed by atoms with Gasteiger partial charge in [0.05, 0.1) is 32.7 Å². The number of carbonyl (C=O) groups excluding carboxylic acids is 1. The van der Waals surface area contributed by atoms with E-state index < -0.39 is 0 Å². The van der Waals surface area contributed by atoms with Crippen LogP contribution in [-0.4, -0.2) is 43.5 Å². The van der Waals surface area contributed by atoms with Gasteiger partial charge >= 0.3 is 0 Å². The van der Waals surface area contributed by atoms with Crippen LogP contribution < -0.4 is 4.90 Å². The molecule has 0 radical (unpaired) electrons. The molecule has 0 atom stereocenters. The summed E-state index contributed by atoms with van der Waals surface area (Å²) in [5.41, 5.74) is 2.08. The van der Waals surface area contributed by atoms with Crippen LogP contribution in [0.15, 0.2) is 36.9 Å². The molecule has 3 nitrogen and oxygen atoms in total. The number of amides is 1. The van der Waals surface area contributed by atoms with Gasteiger partial charge in [-0.05, 0) is 30.2 Å². The van der Waals surface area contributed by atoms with Crippen molar-refractivity contribution in [1.82, 2.24) is 4.90 Å². The maximum atomic E-state index is 12.4. The Hall–Kier alpha value is -1.61. The van der Waals surface area contributed by atoms with E-state index in [4.69, 9.17) is 0 Å². The van der Waals surface area contributed by atoms with Crippen LogP contribution in [0.1, 0.15) is 22.8 Å². The van der Waals surface area contributed by atoms with Gasteiger partial charge in [-0.3, -0.25) is 4.79 Å². The predicted octanol–water partition coefficient (Wildman–Crippen LogP) is 0.776. The van der Waals surface area contributed by atoms with Crippen molar-refractivity contribution in [3.63, 3.8) is 0 Å². The topological polar surface area (TPSA) is 24.8 Å². The lowest BCUT2D eigenvalue weighted by atomic mass is 10.1. The molecule has 19 heavy (non-hydrogen) atoms. The van der Waals surface area contributed by atoms with Crippen molar-refractivity contribution in [2.24, 2.45) is 0 Å². The Balaban J connectivity index is 1.94. The van der Waals surface area contributed by atoms with Crippen LogP contribution in [0, 0.1) is 0 Å². The first-order chi connectivity index (χ1) is 9.24. The zero-order chi connectivity index (χ0) is 13.7. The van der Waals surface area contributed by atoms with Crippen molar-refractivity contribution in [3.05, 3.63) is 48.0 Å². The van der Waals surface area contributed by atoms with Gasteiger partial charge in [0.1, 0.15) is 0 Å². The normalized spacial score (nSPS) is 16.4. The van der Waals surface area contributed by atoms with Gasteiger partial charge in [0.2, 0.25) is 0 Å². The highest BCUT2D eigenvalue weighted by atomic mass is 16.2. The van der Waals surface area contributed by atoms with E-state index in [9.17, 15) is 4.79 Å². The summed E-state index contributed by atoms with van der Waals surface area (Å²) in [4.78, 5) is 15.8. The summed E-state index contributed by atoms with van der Waals surface area (Å²) in [5, 5.41) is 0. The average molecular weight is 259 g/mol. The van der Waals surface area contributed by atoms with Crippen molar-refractivity contribution < 1.29 is 9.69 Å². The fraction of sp³-hybridized carbons (Fsp3) is 0.438. The number of hydrogen-bond acceptors (Lipinski definition) is 1. The minimum atomic E-state index is 0.167. The van der Waals surface area contributed by atoms with Gasteiger partial charge in [0.15, 0.2) is 0 Å². The first-order valence-electron chi connectivity index (χ1n) is 7.07. The van der Waals surface area contributed by atoms with Crippen LogP contribution in [0.2, 0.25) is 0 Å². The number of carbonyl (C=O) groups is 1. The molecule has 3 heteroatoms. The van der Waals surface area contributed by atoms with Gasteiger partial charge in [-0.15, -0.1) is 0 Å². The van der Waals surface area contributed by atoms with E-state index in [-0.39, 0.29) is 5.91 Å². The first kappa shape index (κ1) is 13.8. The van der Waals surface area contributed by atoms with E-state index in [0.717, 1.165) is 44.7 Å². The summed E-state index contributed by atoms with van der Waals surface area (Å²) in [6.45, 7) is 10.6. The van der Waals surface area contributed by atoms with Crippen LogP contribution >= 0.6 is 0 Å². The smallest absolute Gasteiger partial charge is 0.254 e. The average Bonchev–Trinajstić information content (AvgIpc) is 2.48. The number of aryl methyl sites for hydroxylation is 1. The van der Waals surface area contributed by atoms with Gasteiger partial charge in [0.25, 0.3) is 5.91 Å². The molecule has 0 unspecified atom stereocenters. The molecule has 1 saturated heterocycles. The van der Waals surface area contributed by atoms with Crippen LogP contribution in [0.25, 0.3) is 0 Å². The standard InChI is InChI=1S/C16H22N2O/c1-3-9-17-10-12-18(13-11-17)16(19)15-7-5-14(4-2)6-8-15/h3,5-8H,1,4,9-13H2,2H3/p+1. The second-order valence-electron chi connectivity index (χ2n) is 5.09. The third-order valence-electron chi connectivity index (χ3n) is 3.80. The van der Waals surface area contributed by atoms with Crippen molar-refractivity contribution >= 4 is 5.91 Å². The predicted molar refractivity (Wildman–Crippen MR) is 77.5 cm³/mol. The van der Waals surface area contributed by atoms with Crippen LogP contribution in [0.4, 0.5) is 0 Å². The maximum absolute atomic E-state index is 12.4. The first-order valence-corrected chi connectivity index (χ1v) is 7.07. The highest BCUT2D eigenvalue weighted by Crippen LogP contribution is 2.08. The number of benzene rings is 1. The molecule has 1 aromatic carbocycles. The number of quaternary nitrogens is 1. The lowest BCUT2D eigenvalue weighted by molar-refractivity contribution is -0.898. The molecule has 1 aliphatic rings. The fourth-order valence-electron chi connectivity index (χ4n) is 2.50. The summed E-state index contributed by atoms with van der Waals surface area (Å²) in [6, 6.07) is 7.99. The zero-order valence-electron chi connectivity index (χ0n) is 11.7. The molecule has 0 aromatic heterocycles. The van der Waals surface area contributed by atoms with E-state index in [1.165, 1.54) is 10.5 Å². The third kappa shape index (κ3) is 3.44. The molecular weight excluding hydrogens is 236 g/mol. The second-order valence-corrected chi connectivity index (χ2v) is 5.09.